The van der Waals surface area contributed by atoms with Crippen molar-refractivity contribution < 1.29 is 18.7 Å². The summed E-state index contributed by atoms with van der Waals surface area (Å²) in [6.07, 6.45) is -1.25. The van der Waals surface area contributed by atoms with Gasteiger partial charge in [0.15, 0.2) is 11.5 Å². The third kappa shape index (κ3) is 3.35. The van der Waals surface area contributed by atoms with Crippen LogP contribution in [0.5, 0.6) is 11.5 Å². The number of likely N-dealkylation sites (N-methyl/N-ethyl adjacent to an activating group) is 1. The second-order valence-corrected chi connectivity index (χ2v) is 3.98. The van der Waals surface area contributed by atoms with Crippen LogP contribution in [0.4, 0.5) is 4.39 Å². The van der Waals surface area contributed by atoms with Gasteiger partial charge in [-0.3, -0.25) is 4.79 Å². The largest absolute Gasteiger partial charge is 0.493 e. The summed E-state index contributed by atoms with van der Waals surface area (Å²) in [5, 5.41) is 0. The van der Waals surface area contributed by atoms with Crippen molar-refractivity contribution in [1.82, 2.24) is 4.90 Å². The fraction of sp³-hybridized carbons (Fsp3) is 0.462. The van der Waals surface area contributed by atoms with Gasteiger partial charge in [-0.2, -0.15) is 0 Å². The van der Waals surface area contributed by atoms with Gasteiger partial charge in [0, 0.05) is 14.0 Å². The van der Waals surface area contributed by atoms with Crippen molar-refractivity contribution in [2.75, 3.05) is 27.8 Å². The van der Waals surface area contributed by atoms with Crippen molar-refractivity contribution in [1.29, 1.82) is 0 Å². The van der Waals surface area contributed by atoms with E-state index < -0.39 is 6.17 Å². The smallest absolute Gasteiger partial charge is 0.219 e. The first-order valence-electron chi connectivity index (χ1n) is 5.57. The molecule has 4 nitrogen and oxygen atoms in total. The molecule has 0 N–H and O–H groups in total. The molecule has 0 bridgehead atoms. The van der Waals surface area contributed by atoms with Crippen LogP contribution in [-0.4, -0.2) is 38.6 Å². The average Bonchev–Trinajstić information content (AvgIpc) is 2.37. The summed E-state index contributed by atoms with van der Waals surface area (Å²) in [6.45, 7) is 1.42. The van der Waals surface area contributed by atoms with Crippen LogP contribution in [0.15, 0.2) is 18.2 Å². The first-order chi connectivity index (χ1) is 8.49. The summed E-state index contributed by atoms with van der Waals surface area (Å²) < 4.78 is 24.2. The average molecular weight is 255 g/mol. The van der Waals surface area contributed by atoms with E-state index in [1.165, 1.54) is 26.0 Å². The van der Waals surface area contributed by atoms with E-state index in [0.29, 0.717) is 17.1 Å². The second kappa shape index (κ2) is 6.23. The molecule has 0 saturated carbocycles. The molecule has 100 valence electrons. The molecule has 0 radical (unpaired) electrons. The molecule has 0 fully saturated rings. The van der Waals surface area contributed by atoms with Gasteiger partial charge in [-0.05, 0) is 17.7 Å². The highest BCUT2D eigenvalue weighted by Gasteiger charge is 2.16. The quantitative estimate of drug-likeness (QED) is 0.809. The predicted octanol–water partition coefficient (Wildman–Crippen LogP) is 2.19. The van der Waals surface area contributed by atoms with Crippen LogP contribution < -0.4 is 9.47 Å². The lowest BCUT2D eigenvalue weighted by atomic mass is 10.1. The first kappa shape index (κ1) is 14.3. The van der Waals surface area contributed by atoms with Crippen LogP contribution in [0.1, 0.15) is 18.7 Å². The van der Waals surface area contributed by atoms with Gasteiger partial charge < -0.3 is 14.4 Å². The highest BCUT2D eigenvalue weighted by molar-refractivity contribution is 5.72. The molecule has 1 aromatic rings. The Hall–Kier alpha value is -1.78. The number of alkyl halides is 1. The van der Waals surface area contributed by atoms with E-state index in [4.69, 9.17) is 9.47 Å². The van der Waals surface area contributed by atoms with E-state index in [1.807, 2.05) is 0 Å². The summed E-state index contributed by atoms with van der Waals surface area (Å²) in [5.74, 6) is 0.856. The fourth-order valence-corrected chi connectivity index (χ4v) is 1.52. The highest BCUT2D eigenvalue weighted by Crippen LogP contribution is 2.31. The van der Waals surface area contributed by atoms with Crippen LogP contribution in [0.25, 0.3) is 0 Å². The van der Waals surface area contributed by atoms with Crippen molar-refractivity contribution in [2.45, 2.75) is 13.1 Å². The number of halogens is 1. The molecule has 0 saturated heterocycles. The lowest BCUT2D eigenvalue weighted by Crippen LogP contribution is -2.27. The van der Waals surface area contributed by atoms with Gasteiger partial charge in [0.25, 0.3) is 0 Å². The molecule has 1 aromatic carbocycles. The molecule has 0 spiro atoms. The summed E-state index contributed by atoms with van der Waals surface area (Å²) >= 11 is 0. The van der Waals surface area contributed by atoms with Crippen molar-refractivity contribution >= 4 is 5.91 Å². The zero-order valence-electron chi connectivity index (χ0n) is 11.1. The maximum atomic E-state index is 14.0. The van der Waals surface area contributed by atoms with Gasteiger partial charge in [-0.25, -0.2) is 4.39 Å². The van der Waals surface area contributed by atoms with Crippen molar-refractivity contribution in [3.63, 3.8) is 0 Å². The summed E-state index contributed by atoms with van der Waals surface area (Å²) in [5.41, 5.74) is 0.459. The Bertz CT molecular complexity index is 423. The maximum Gasteiger partial charge on any atom is 0.219 e. The van der Waals surface area contributed by atoms with Crippen LogP contribution in [0, 0.1) is 0 Å². The third-order valence-electron chi connectivity index (χ3n) is 2.74. The Labute approximate surface area is 106 Å². The van der Waals surface area contributed by atoms with Gasteiger partial charge in [0.05, 0.1) is 20.8 Å². The number of benzene rings is 1. The maximum absolute atomic E-state index is 14.0. The number of methoxy groups -OCH3 is 2. The highest BCUT2D eigenvalue weighted by atomic mass is 19.1. The monoisotopic (exact) mass is 255 g/mol. The summed E-state index contributed by atoms with van der Waals surface area (Å²) in [4.78, 5) is 12.4. The molecule has 0 aliphatic heterocycles. The SMILES string of the molecule is COc1ccc(C(F)CN(C)C(C)=O)cc1OC. The third-order valence-corrected chi connectivity index (χ3v) is 2.74. The van der Waals surface area contributed by atoms with E-state index in [2.05, 4.69) is 0 Å². The van der Waals surface area contributed by atoms with Gasteiger partial charge in [0.1, 0.15) is 6.17 Å². The van der Waals surface area contributed by atoms with Crippen LogP contribution >= 0.6 is 0 Å². The van der Waals surface area contributed by atoms with Gasteiger partial charge in [-0.15, -0.1) is 0 Å². The lowest BCUT2D eigenvalue weighted by Gasteiger charge is -2.18. The molecule has 0 aliphatic carbocycles. The van der Waals surface area contributed by atoms with Crippen LogP contribution in [-0.2, 0) is 4.79 Å². The molecule has 0 aromatic heterocycles. The number of amides is 1. The minimum Gasteiger partial charge on any atom is -0.493 e. The molecule has 18 heavy (non-hydrogen) atoms. The number of nitrogens with zero attached hydrogens (tertiary/aromatic N) is 1. The number of hydrogen-bond donors (Lipinski definition) is 0. The number of carbonyl (C=O) groups excluding carboxylic acids is 1. The molecule has 1 unspecified atom stereocenters. The van der Waals surface area contributed by atoms with E-state index in [0.717, 1.165) is 0 Å². The predicted molar refractivity (Wildman–Crippen MR) is 66.7 cm³/mol. The Balaban J connectivity index is 2.86. The Morgan fingerprint density at radius 2 is 1.94 bits per heavy atom. The lowest BCUT2D eigenvalue weighted by molar-refractivity contribution is -0.128. The zero-order valence-corrected chi connectivity index (χ0v) is 11.1. The molecule has 0 heterocycles. The number of ether oxygens (including phenoxy) is 2. The molecule has 0 aliphatic rings. The Kier molecular flexibility index (Phi) is 4.95. The molecule has 1 atom stereocenters. The standard InChI is InChI=1S/C13H18FNO3/c1-9(16)15(2)8-11(14)10-5-6-12(17-3)13(7-10)18-4/h5-7,11H,8H2,1-4H3. The van der Waals surface area contributed by atoms with E-state index >= 15 is 0 Å². The van der Waals surface area contributed by atoms with E-state index in [-0.39, 0.29) is 12.5 Å². The molecular weight excluding hydrogens is 237 g/mol. The number of hydrogen-bond acceptors (Lipinski definition) is 3. The summed E-state index contributed by atoms with van der Waals surface area (Å²) in [6, 6.07) is 4.85. The van der Waals surface area contributed by atoms with E-state index in [9.17, 15) is 9.18 Å². The van der Waals surface area contributed by atoms with E-state index in [1.54, 1.807) is 25.2 Å². The number of carbonyl (C=O) groups is 1. The van der Waals surface area contributed by atoms with Gasteiger partial charge >= 0.3 is 0 Å². The molecule has 5 heteroatoms. The van der Waals surface area contributed by atoms with Crippen LogP contribution in [0.2, 0.25) is 0 Å². The number of rotatable bonds is 5. The van der Waals surface area contributed by atoms with Crippen molar-refractivity contribution in [3.8, 4) is 11.5 Å². The van der Waals surface area contributed by atoms with Crippen molar-refractivity contribution in [2.24, 2.45) is 0 Å². The minimum atomic E-state index is -1.25. The second-order valence-electron chi connectivity index (χ2n) is 3.98. The first-order valence-corrected chi connectivity index (χ1v) is 5.57. The topological polar surface area (TPSA) is 38.8 Å². The molecule has 1 amide bonds. The van der Waals surface area contributed by atoms with Crippen molar-refractivity contribution in [3.05, 3.63) is 23.8 Å². The van der Waals surface area contributed by atoms with Crippen LogP contribution in [0.3, 0.4) is 0 Å². The zero-order chi connectivity index (χ0) is 13.7. The van der Waals surface area contributed by atoms with Gasteiger partial charge in [-0.1, -0.05) is 6.07 Å². The Morgan fingerprint density at radius 1 is 1.33 bits per heavy atom. The Morgan fingerprint density at radius 3 is 2.44 bits per heavy atom. The normalized spacial score (nSPS) is 11.8. The molecular formula is C13H18FNO3. The fourth-order valence-electron chi connectivity index (χ4n) is 1.52. The summed E-state index contributed by atoms with van der Waals surface area (Å²) in [7, 11) is 4.58. The minimum absolute atomic E-state index is 0.0187. The molecule has 1 rings (SSSR count). The van der Waals surface area contributed by atoms with Gasteiger partial charge in [0.2, 0.25) is 5.91 Å².